The Balaban J connectivity index is 2.10. The maximum Gasteiger partial charge on any atom is 0.232 e. The number of piperidine rings is 1. The average Bonchev–Trinajstić information content (AvgIpc) is 2.36. The minimum Gasteiger partial charge on any atom is -0.377 e. The van der Waals surface area contributed by atoms with E-state index in [2.05, 4.69) is 5.32 Å². The molecule has 106 valence electrons. The maximum atomic E-state index is 11.9. The molecule has 1 heterocycles. The van der Waals surface area contributed by atoms with E-state index in [-0.39, 0.29) is 12.0 Å². The number of likely N-dealkylation sites (N-methyl/N-ethyl adjacent to an activating group) is 1. The third-order valence-electron chi connectivity index (χ3n) is 3.03. The number of rotatable bonds is 7. The quantitative estimate of drug-likeness (QED) is 0.761. The zero-order valence-corrected chi connectivity index (χ0v) is 12.6. The van der Waals surface area contributed by atoms with Crippen molar-refractivity contribution in [3.8, 4) is 0 Å². The number of amides is 1. The van der Waals surface area contributed by atoms with Crippen LogP contribution in [0.4, 0.5) is 0 Å². The summed E-state index contributed by atoms with van der Waals surface area (Å²) in [6.45, 7) is 7.50. The van der Waals surface area contributed by atoms with E-state index < -0.39 is 0 Å². The van der Waals surface area contributed by atoms with Gasteiger partial charge in [-0.3, -0.25) is 4.79 Å². The molecule has 1 aliphatic heterocycles. The van der Waals surface area contributed by atoms with Crippen molar-refractivity contribution in [3.63, 3.8) is 0 Å². The fraction of sp³-hybridized carbons (Fsp3) is 0.923. The summed E-state index contributed by atoms with van der Waals surface area (Å²) < 4.78 is 5.45. The van der Waals surface area contributed by atoms with E-state index in [0.717, 1.165) is 13.1 Å². The van der Waals surface area contributed by atoms with Crippen LogP contribution in [0.1, 0.15) is 26.7 Å². The minimum atomic E-state index is 0.214. The number of hydrogen-bond acceptors (Lipinski definition) is 4. The third-order valence-corrected chi connectivity index (χ3v) is 4.39. The summed E-state index contributed by atoms with van der Waals surface area (Å²) in [5, 5.41) is 3.99. The number of nitrogens with zero attached hydrogens (tertiary/aromatic N) is 1. The lowest BCUT2D eigenvalue weighted by Crippen LogP contribution is -2.34. The second-order valence-corrected chi connectivity index (χ2v) is 6.28. The van der Waals surface area contributed by atoms with Crippen LogP contribution in [-0.4, -0.2) is 61.2 Å². The molecular formula is C13H26N2O2S. The predicted octanol–water partition coefficient (Wildman–Crippen LogP) is 1.35. The van der Waals surface area contributed by atoms with Crippen molar-refractivity contribution in [2.24, 2.45) is 0 Å². The monoisotopic (exact) mass is 274 g/mol. The standard InChI is InChI=1S/C13H26N2O2S/c1-11(2)17-9-8-15(3)13(16)10-18-12-4-6-14-7-5-12/h11-12,14H,4-10H2,1-3H3. The lowest BCUT2D eigenvalue weighted by molar-refractivity contribution is -0.127. The van der Waals surface area contributed by atoms with Crippen LogP contribution in [-0.2, 0) is 9.53 Å². The lowest BCUT2D eigenvalue weighted by atomic mass is 10.2. The molecular weight excluding hydrogens is 248 g/mol. The molecule has 1 saturated heterocycles. The van der Waals surface area contributed by atoms with Gasteiger partial charge in [0.1, 0.15) is 0 Å². The minimum absolute atomic E-state index is 0.214. The number of nitrogens with one attached hydrogen (secondary N) is 1. The molecule has 0 atom stereocenters. The first kappa shape index (κ1) is 15.8. The van der Waals surface area contributed by atoms with Crippen molar-refractivity contribution in [1.82, 2.24) is 10.2 Å². The Bertz CT molecular complexity index is 243. The van der Waals surface area contributed by atoms with Crippen LogP contribution in [0.25, 0.3) is 0 Å². The number of thioether (sulfide) groups is 1. The summed E-state index contributed by atoms with van der Waals surface area (Å²) in [5.74, 6) is 0.814. The highest BCUT2D eigenvalue weighted by Gasteiger charge is 2.16. The summed E-state index contributed by atoms with van der Waals surface area (Å²) in [6.07, 6.45) is 2.59. The highest BCUT2D eigenvalue weighted by molar-refractivity contribution is 8.00. The van der Waals surface area contributed by atoms with Gasteiger partial charge in [0.15, 0.2) is 0 Å². The van der Waals surface area contributed by atoms with Crippen LogP contribution in [0.5, 0.6) is 0 Å². The Kier molecular flexibility index (Phi) is 7.70. The molecule has 18 heavy (non-hydrogen) atoms. The van der Waals surface area contributed by atoms with Crippen LogP contribution < -0.4 is 5.32 Å². The zero-order chi connectivity index (χ0) is 13.4. The van der Waals surface area contributed by atoms with Crippen molar-refractivity contribution < 1.29 is 9.53 Å². The lowest BCUT2D eigenvalue weighted by Gasteiger charge is -2.23. The van der Waals surface area contributed by atoms with Gasteiger partial charge in [-0.1, -0.05) is 0 Å². The van der Waals surface area contributed by atoms with Crippen LogP contribution >= 0.6 is 11.8 Å². The summed E-state index contributed by atoms with van der Waals surface area (Å²) >= 11 is 1.80. The Morgan fingerprint density at radius 1 is 1.44 bits per heavy atom. The van der Waals surface area contributed by atoms with E-state index in [0.29, 0.717) is 24.2 Å². The fourth-order valence-electron chi connectivity index (χ4n) is 1.81. The largest absolute Gasteiger partial charge is 0.377 e. The van der Waals surface area contributed by atoms with E-state index in [1.54, 1.807) is 16.7 Å². The van der Waals surface area contributed by atoms with E-state index in [9.17, 15) is 4.79 Å². The maximum absolute atomic E-state index is 11.9. The molecule has 0 aromatic carbocycles. The van der Waals surface area contributed by atoms with Gasteiger partial charge < -0.3 is 15.0 Å². The van der Waals surface area contributed by atoms with Crippen molar-refractivity contribution in [2.45, 2.75) is 38.0 Å². The van der Waals surface area contributed by atoms with Gasteiger partial charge in [0.2, 0.25) is 5.91 Å². The molecule has 0 aromatic heterocycles. The average molecular weight is 274 g/mol. The summed E-state index contributed by atoms with van der Waals surface area (Å²) in [6, 6.07) is 0. The van der Waals surface area contributed by atoms with Gasteiger partial charge in [-0.05, 0) is 39.8 Å². The number of ether oxygens (including phenoxy) is 1. The first-order chi connectivity index (χ1) is 8.59. The van der Waals surface area contributed by atoms with E-state index in [1.165, 1.54) is 12.8 Å². The van der Waals surface area contributed by atoms with Crippen molar-refractivity contribution in [3.05, 3.63) is 0 Å². The van der Waals surface area contributed by atoms with Gasteiger partial charge in [0.25, 0.3) is 0 Å². The van der Waals surface area contributed by atoms with E-state index >= 15 is 0 Å². The van der Waals surface area contributed by atoms with Gasteiger partial charge in [-0.25, -0.2) is 0 Å². The highest BCUT2D eigenvalue weighted by Crippen LogP contribution is 2.20. The second kappa shape index (κ2) is 8.77. The highest BCUT2D eigenvalue weighted by atomic mass is 32.2. The van der Waals surface area contributed by atoms with Crippen LogP contribution in [0, 0.1) is 0 Å². The molecule has 1 amide bonds. The molecule has 0 spiro atoms. The van der Waals surface area contributed by atoms with Crippen molar-refractivity contribution in [2.75, 3.05) is 39.0 Å². The summed E-state index contributed by atoms with van der Waals surface area (Å²) in [7, 11) is 1.86. The first-order valence-corrected chi connectivity index (χ1v) is 7.82. The zero-order valence-electron chi connectivity index (χ0n) is 11.8. The normalized spacial score (nSPS) is 17.1. The molecule has 4 nitrogen and oxygen atoms in total. The number of hydrogen-bond donors (Lipinski definition) is 1. The van der Waals surface area contributed by atoms with Gasteiger partial charge >= 0.3 is 0 Å². The topological polar surface area (TPSA) is 41.6 Å². The van der Waals surface area contributed by atoms with Crippen molar-refractivity contribution >= 4 is 17.7 Å². The molecule has 0 aromatic rings. The van der Waals surface area contributed by atoms with Gasteiger partial charge in [0.05, 0.1) is 18.5 Å². The molecule has 1 fully saturated rings. The number of carbonyl (C=O) groups is 1. The Morgan fingerprint density at radius 3 is 2.72 bits per heavy atom. The van der Waals surface area contributed by atoms with Crippen molar-refractivity contribution in [1.29, 1.82) is 0 Å². The third kappa shape index (κ3) is 6.61. The molecule has 1 aliphatic rings. The molecule has 5 heteroatoms. The molecule has 1 N–H and O–H groups in total. The SMILES string of the molecule is CC(C)OCCN(C)C(=O)CSC1CCNCC1. The molecule has 0 bridgehead atoms. The predicted molar refractivity (Wildman–Crippen MR) is 77.1 cm³/mol. The Morgan fingerprint density at radius 2 is 2.11 bits per heavy atom. The van der Waals surface area contributed by atoms with Gasteiger partial charge in [-0.2, -0.15) is 0 Å². The summed E-state index contributed by atoms with van der Waals surface area (Å²) in [4.78, 5) is 13.7. The second-order valence-electron chi connectivity index (χ2n) is 5.00. The first-order valence-electron chi connectivity index (χ1n) is 6.77. The molecule has 0 unspecified atom stereocenters. The van der Waals surface area contributed by atoms with Crippen LogP contribution in [0.3, 0.4) is 0 Å². The van der Waals surface area contributed by atoms with E-state index in [1.807, 2.05) is 20.9 Å². The smallest absolute Gasteiger partial charge is 0.232 e. The number of carbonyl (C=O) groups excluding carboxylic acids is 1. The van der Waals surface area contributed by atoms with E-state index in [4.69, 9.17) is 4.74 Å². The van der Waals surface area contributed by atoms with Crippen LogP contribution in [0.15, 0.2) is 0 Å². The molecule has 0 saturated carbocycles. The van der Waals surface area contributed by atoms with Gasteiger partial charge in [-0.15, -0.1) is 11.8 Å². The molecule has 0 radical (unpaired) electrons. The Labute approximate surface area is 115 Å². The van der Waals surface area contributed by atoms with Crippen LogP contribution in [0.2, 0.25) is 0 Å². The summed E-state index contributed by atoms with van der Waals surface area (Å²) in [5.41, 5.74) is 0. The molecule has 0 aliphatic carbocycles. The fourth-order valence-corrected chi connectivity index (χ4v) is 2.98. The van der Waals surface area contributed by atoms with Gasteiger partial charge in [0, 0.05) is 18.8 Å². The Hall–Kier alpha value is -0.260. The molecule has 1 rings (SSSR count).